The van der Waals surface area contributed by atoms with Crippen molar-refractivity contribution < 1.29 is 17.4 Å². The molecule has 0 radical (unpaired) electrons. The van der Waals surface area contributed by atoms with Gasteiger partial charge in [0.2, 0.25) is 5.91 Å². The fourth-order valence-corrected chi connectivity index (χ4v) is 4.18. The minimum absolute atomic E-state index is 0.00769. The zero-order chi connectivity index (χ0) is 19.4. The quantitative estimate of drug-likeness (QED) is 0.516. The highest BCUT2D eigenvalue weighted by atomic mass is 32.2. The first-order chi connectivity index (χ1) is 12.9. The van der Waals surface area contributed by atoms with Crippen molar-refractivity contribution in [2.45, 2.75) is 25.3 Å². The summed E-state index contributed by atoms with van der Waals surface area (Å²) >= 11 is 0. The number of nitrogens with zero attached hydrogens (tertiary/aromatic N) is 1. The number of fused-ring (bicyclic) bond motifs is 1. The Morgan fingerprint density at radius 2 is 1.96 bits per heavy atom. The van der Waals surface area contributed by atoms with Gasteiger partial charge in [-0.05, 0) is 35.6 Å². The van der Waals surface area contributed by atoms with Crippen LogP contribution in [0.1, 0.15) is 18.4 Å². The fourth-order valence-electron chi connectivity index (χ4n) is 3.77. The first-order valence-corrected chi connectivity index (χ1v) is 10.9. The molecule has 0 N–H and O–H groups in total. The topological polar surface area (TPSA) is 63.7 Å². The number of benzene rings is 2. The SMILES string of the molecule is C=CC[C@@H]1C[C@@H](COS(C)(=O)=O)N(CCc2cccc3ccccc23)C1=O. The third-order valence-corrected chi connectivity index (χ3v) is 5.62. The Kier molecular flexibility index (Phi) is 5.97. The second-order valence-corrected chi connectivity index (χ2v) is 8.66. The third-order valence-electron chi connectivity index (χ3n) is 5.06. The summed E-state index contributed by atoms with van der Waals surface area (Å²) in [6.07, 6.45) is 4.68. The van der Waals surface area contributed by atoms with Crippen molar-refractivity contribution in [1.82, 2.24) is 4.90 Å². The van der Waals surface area contributed by atoms with Gasteiger partial charge in [0.15, 0.2) is 0 Å². The normalized spacial score (nSPS) is 20.3. The highest BCUT2D eigenvalue weighted by molar-refractivity contribution is 7.85. The second kappa shape index (κ2) is 8.23. The Hall–Kier alpha value is -2.18. The molecule has 1 aliphatic heterocycles. The molecule has 3 rings (SSSR count). The maximum Gasteiger partial charge on any atom is 0.264 e. The molecule has 2 aromatic carbocycles. The van der Waals surface area contributed by atoms with E-state index in [1.165, 1.54) is 16.3 Å². The molecule has 1 fully saturated rings. The molecule has 0 aliphatic carbocycles. The van der Waals surface area contributed by atoms with E-state index >= 15 is 0 Å². The van der Waals surface area contributed by atoms with Crippen molar-refractivity contribution in [3.05, 3.63) is 60.7 Å². The predicted molar refractivity (Wildman–Crippen MR) is 107 cm³/mol. The van der Waals surface area contributed by atoms with Crippen molar-refractivity contribution in [3.63, 3.8) is 0 Å². The summed E-state index contributed by atoms with van der Waals surface area (Å²) in [4.78, 5) is 14.6. The predicted octanol–water partition coefficient (Wildman–Crippen LogP) is 3.15. The average molecular weight is 388 g/mol. The van der Waals surface area contributed by atoms with Gasteiger partial charge in [0.25, 0.3) is 10.1 Å². The number of amides is 1. The van der Waals surface area contributed by atoms with Gasteiger partial charge in [-0.1, -0.05) is 48.5 Å². The zero-order valence-electron chi connectivity index (χ0n) is 15.5. The molecule has 0 saturated carbocycles. The van der Waals surface area contributed by atoms with Crippen LogP contribution in [0.15, 0.2) is 55.1 Å². The third kappa shape index (κ3) is 4.76. The molecule has 2 atom stereocenters. The molecule has 6 heteroatoms. The highest BCUT2D eigenvalue weighted by Gasteiger charge is 2.38. The molecule has 1 amide bonds. The van der Waals surface area contributed by atoms with E-state index in [0.29, 0.717) is 25.8 Å². The van der Waals surface area contributed by atoms with Crippen molar-refractivity contribution in [1.29, 1.82) is 0 Å². The van der Waals surface area contributed by atoms with Gasteiger partial charge in [-0.3, -0.25) is 8.98 Å². The number of allylic oxidation sites excluding steroid dienone is 1. The summed E-state index contributed by atoms with van der Waals surface area (Å²) in [6, 6.07) is 14.1. The minimum Gasteiger partial charge on any atom is -0.337 e. The summed E-state index contributed by atoms with van der Waals surface area (Å²) < 4.78 is 27.7. The van der Waals surface area contributed by atoms with Gasteiger partial charge in [0.05, 0.1) is 18.9 Å². The number of hydrogen-bond donors (Lipinski definition) is 0. The van der Waals surface area contributed by atoms with Crippen molar-refractivity contribution in [2.24, 2.45) is 5.92 Å². The Balaban J connectivity index is 1.76. The Bertz CT molecular complexity index is 933. The molecule has 0 aromatic heterocycles. The van der Waals surface area contributed by atoms with E-state index in [-0.39, 0.29) is 24.5 Å². The summed E-state index contributed by atoms with van der Waals surface area (Å²) in [5.41, 5.74) is 1.18. The number of likely N-dealkylation sites (tertiary alicyclic amines) is 1. The maximum absolute atomic E-state index is 12.8. The average Bonchev–Trinajstić information content (AvgIpc) is 2.93. The summed E-state index contributed by atoms with van der Waals surface area (Å²) in [5.74, 6) is -0.0968. The molecule has 27 heavy (non-hydrogen) atoms. The number of rotatable bonds is 8. The van der Waals surface area contributed by atoms with E-state index in [9.17, 15) is 13.2 Å². The molecular formula is C21H25NO4S. The molecule has 0 bridgehead atoms. The first-order valence-electron chi connectivity index (χ1n) is 9.11. The Morgan fingerprint density at radius 3 is 2.70 bits per heavy atom. The van der Waals surface area contributed by atoms with Gasteiger partial charge in [-0.25, -0.2) is 0 Å². The minimum atomic E-state index is -3.54. The summed E-state index contributed by atoms with van der Waals surface area (Å²) in [6.45, 7) is 4.27. The lowest BCUT2D eigenvalue weighted by Crippen LogP contribution is -2.38. The van der Waals surface area contributed by atoms with Crippen LogP contribution in [0.5, 0.6) is 0 Å². The second-order valence-electron chi connectivity index (χ2n) is 7.02. The number of hydrogen-bond acceptors (Lipinski definition) is 4. The standard InChI is InChI=1S/C21H25NO4S/c1-3-7-18-14-19(15-26-27(2,24)25)22(21(18)23)13-12-17-10-6-9-16-8-4-5-11-20(16)17/h3-6,8-11,18-19H,1,7,12-15H2,2H3/t18-,19+/m1/s1. The van der Waals surface area contributed by atoms with Crippen LogP contribution < -0.4 is 0 Å². The van der Waals surface area contributed by atoms with Gasteiger partial charge in [0, 0.05) is 12.5 Å². The largest absolute Gasteiger partial charge is 0.337 e. The maximum atomic E-state index is 12.8. The van der Waals surface area contributed by atoms with Crippen molar-refractivity contribution in [3.8, 4) is 0 Å². The summed E-state index contributed by atoms with van der Waals surface area (Å²) in [7, 11) is -3.54. The molecular weight excluding hydrogens is 362 g/mol. The van der Waals surface area contributed by atoms with Crippen molar-refractivity contribution >= 4 is 26.8 Å². The Morgan fingerprint density at radius 1 is 1.22 bits per heavy atom. The lowest BCUT2D eigenvalue weighted by Gasteiger charge is -2.24. The zero-order valence-corrected chi connectivity index (χ0v) is 16.3. The van der Waals surface area contributed by atoms with E-state index in [1.807, 2.05) is 18.2 Å². The molecule has 0 spiro atoms. The monoisotopic (exact) mass is 387 g/mol. The number of carbonyl (C=O) groups excluding carboxylic acids is 1. The van der Waals surface area contributed by atoms with Gasteiger partial charge in [-0.15, -0.1) is 6.58 Å². The molecule has 1 aliphatic rings. The van der Waals surface area contributed by atoms with Gasteiger partial charge in [0.1, 0.15) is 0 Å². The summed E-state index contributed by atoms with van der Waals surface area (Å²) in [5, 5.41) is 2.35. The van der Waals surface area contributed by atoms with E-state index < -0.39 is 10.1 Å². The molecule has 144 valence electrons. The van der Waals surface area contributed by atoms with Crippen LogP contribution in [0.25, 0.3) is 10.8 Å². The van der Waals surface area contributed by atoms with Crippen LogP contribution in [0.3, 0.4) is 0 Å². The fraction of sp³-hybridized carbons (Fsp3) is 0.381. The molecule has 2 aromatic rings. The van der Waals surface area contributed by atoms with Crippen LogP contribution in [0, 0.1) is 5.92 Å². The molecule has 1 heterocycles. The van der Waals surface area contributed by atoms with E-state index in [0.717, 1.165) is 6.26 Å². The van der Waals surface area contributed by atoms with Crippen LogP contribution >= 0.6 is 0 Å². The molecule has 1 saturated heterocycles. The number of carbonyl (C=O) groups is 1. The highest BCUT2D eigenvalue weighted by Crippen LogP contribution is 2.29. The molecule has 5 nitrogen and oxygen atoms in total. The van der Waals surface area contributed by atoms with E-state index in [4.69, 9.17) is 4.18 Å². The smallest absolute Gasteiger partial charge is 0.264 e. The lowest BCUT2D eigenvalue weighted by atomic mass is 10.0. The van der Waals surface area contributed by atoms with Crippen LogP contribution in [-0.2, 0) is 25.5 Å². The Labute approximate surface area is 160 Å². The van der Waals surface area contributed by atoms with Crippen LogP contribution in [-0.4, -0.2) is 44.7 Å². The van der Waals surface area contributed by atoms with E-state index in [1.54, 1.807) is 11.0 Å². The van der Waals surface area contributed by atoms with Gasteiger partial charge < -0.3 is 4.90 Å². The van der Waals surface area contributed by atoms with Crippen LogP contribution in [0.2, 0.25) is 0 Å². The van der Waals surface area contributed by atoms with Crippen molar-refractivity contribution in [2.75, 3.05) is 19.4 Å². The van der Waals surface area contributed by atoms with Gasteiger partial charge >= 0.3 is 0 Å². The molecule has 0 unspecified atom stereocenters. The first kappa shape index (κ1) is 19.6. The van der Waals surface area contributed by atoms with Gasteiger partial charge in [-0.2, -0.15) is 8.42 Å². The van der Waals surface area contributed by atoms with E-state index in [2.05, 4.69) is 30.8 Å². The van der Waals surface area contributed by atoms with Crippen LogP contribution in [0.4, 0.5) is 0 Å². The lowest BCUT2D eigenvalue weighted by molar-refractivity contribution is -0.132.